The van der Waals surface area contributed by atoms with Gasteiger partial charge >= 0.3 is 0 Å². The molecule has 0 spiro atoms. The van der Waals surface area contributed by atoms with E-state index in [1.54, 1.807) is 12.1 Å². The Bertz CT molecular complexity index is 733. The van der Waals surface area contributed by atoms with Gasteiger partial charge in [-0.3, -0.25) is 0 Å². The number of benzene rings is 2. The van der Waals surface area contributed by atoms with Crippen LogP contribution >= 0.6 is 0 Å². The molecule has 0 aromatic heterocycles. The van der Waals surface area contributed by atoms with Crippen LogP contribution in [0.3, 0.4) is 0 Å². The first-order valence-electron chi connectivity index (χ1n) is 8.19. The van der Waals surface area contributed by atoms with E-state index >= 15 is 0 Å². The molecule has 1 fully saturated rings. The first-order chi connectivity index (χ1) is 11.0. The Kier molecular flexibility index (Phi) is 4.86. The second kappa shape index (κ2) is 6.88. The first-order valence-corrected chi connectivity index (χ1v) is 10.1. The van der Waals surface area contributed by atoms with Crippen LogP contribution in [0.4, 0.5) is 0 Å². The van der Waals surface area contributed by atoms with Crippen LogP contribution < -0.4 is 0 Å². The molecule has 2 aromatic carbocycles. The smallest absolute Gasteiger partial charge is 0.175 e. The summed E-state index contributed by atoms with van der Waals surface area (Å²) in [5.41, 5.74) is 2.64. The summed E-state index contributed by atoms with van der Waals surface area (Å²) in [7, 11) is -3.11. The fourth-order valence-electron chi connectivity index (χ4n) is 3.47. The van der Waals surface area contributed by atoms with Crippen LogP contribution in [0, 0.1) is 12.3 Å². The summed E-state index contributed by atoms with van der Waals surface area (Å²) in [4.78, 5) is 0.401. The fraction of sp³-hybridized carbons (Fsp3) is 0.350. The Labute approximate surface area is 139 Å². The van der Waals surface area contributed by atoms with E-state index in [9.17, 15) is 8.42 Å². The third kappa shape index (κ3) is 4.23. The van der Waals surface area contributed by atoms with E-state index in [2.05, 4.69) is 36.8 Å². The van der Waals surface area contributed by atoms with Crippen LogP contribution in [0.25, 0.3) is 0 Å². The van der Waals surface area contributed by atoms with Crippen LogP contribution in [0.2, 0.25) is 0 Å². The second-order valence-electron chi connectivity index (χ2n) is 6.55. The molecule has 1 saturated carbocycles. The molecule has 2 atom stereocenters. The summed E-state index contributed by atoms with van der Waals surface area (Å²) in [6.45, 7) is 0. The van der Waals surface area contributed by atoms with Crippen molar-refractivity contribution in [3.8, 4) is 0 Å². The van der Waals surface area contributed by atoms with Crippen molar-refractivity contribution in [2.24, 2.45) is 5.92 Å². The van der Waals surface area contributed by atoms with Crippen molar-refractivity contribution in [2.45, 2.75) is 36.5 Å². The van der Waals surface area contributed by atoms with Crippen LogP contribution in [0.15, 0.2) is 59.5 Å². The molecular weight excluding hydrogens is 304 g/mol. The van der Waals surface area contributed by atoms with Gasteiger partial charge in [-0.25, -0.2) is 8.42 Å². The van der Waals surface area contributed by atoms with Crippen LogP contribution in [0.5, 0.6) is 0 Å². The Morgan fingerprint density at radius 2 is 1.70 bits per heavy atom. The SMILES string of the molecule is CS(=O)(=O)c1ccc(C2[CH]CCC(Cc3ccccc3)C2)cc1. The van der Waals surface area contributed by atoms with Gasteiger partial charge in [0.1, 0.15) is 0 Å². The molecule has 2 nitrogen and oxygen atoms in total. The molecule has 3 heteroatoms. The number of hydrogen-bond donors (Lipinski definition) is 0. The Morgan fingerprint density at radius 3 is 2.35 bits per heavy atom. The minimum atomic E-state index is -3.11. The fourth-order valence-corrected chi connectivity index (χ4v) is 4.10. The van der Waals surface area contributed by atoms with Gasteiger partial charge in [0.25, 0.3) is 0 Å². The maximum atomic E-state index is 11.6. The van der Waals surface area contributed by atoms with Crippen molar-refractivity contribution in [3.63, 3.8) is 0 Å². The van der Waals surface area contributed by atoms with Crippen molar-refractivity contribution in [2.75, 3.05) is 6.26 Å². The largest absolute Gasteiger partial charge is 0.224 e. The third-order valence-electron chi connectivity index (χ3n) is 4.72. The number of hydrogen-bond acceptors (Lipinski definition) is 2. The normalized spacial score (nSPS) is 22.0. The molecule has 1 radical (unpaired) electrons. The van der Waals surface area contributed by atoms with E-state index in [0.29, 0.717) is 16.7 Å². The summed E-state index contributed by atoms with van der Waals surface area (Å²) in [5, 5.41) is 0. The molecule has 0 bridgehead atoms. The van der Waals surface area contributed by atoms with Crippen LogP contribution in [0.1, 0.15) is 36.3 Å². The lowest BCUT2D eigenvalue weighted by Gasteiger charge is -2.29. The zero-order valence-electron chi connectivity index (χ0n) is 13.5. The highest BCUT2D eigenvalue weighted by molar-refractivity contribution is 7.90. The quantitative estimate of drug-likeness (QED) is 0.833. The molecule has 23 heavy (non-hydrogen) atoms. The van der Waals surface area contributed by atoms with Crippen molar-refractivity contribution in [3.05, 3.63) is 72.1 Å². The molecule has 1 aliphatic carbocycles. The molecular formula is C20H23O2S. The predicted molar refractivity (Wildman–Crippen MR) is 94.1 cm³/mol. The van der Waals surface area contributed by atoms with Gasteiger partial charge in [0.2, 0.25) is 0 Å². The molecule has 3 rings (SSSR count). The molecule has 2 unspecified atom stereocenters. The van der Waals surface area contributed by atoms with Gasteiger partial charge in [0.05, 0.1) is 4.90 Å². The van der Waals surface area contributed by atoms with E-state index in [1.807, 2.05) is 12.1 Å². The lowest BCUT2D eigenvalue weighted by molar-refractivity contribution is 0.372. The van der Waals surface area contributed by atoms with E-state index < -0.39 is 9.84 Å². The Hall–Kier alpha value is -1.61. The minimum Gasteiger partial charge on any atom is -0.224 e. The molecule has 121 valence electrons. The number of sulfone groups is 1. The van der Waals surface area contributed by atoms with Crippen LogP contribution in [-0.4, -0.2) is 14.7 Å². The van der Waals surface area contributed by atoms with E-state index in [0.717, 1.165) is 19.3 Å². The maximum Gasteiger partial charge on any atom is 0.175 e. The average Bonchev–Trinajstić information content (AvgIpc) is 2.55. The highest BCUT2D eigenvalue weighted by Gasteiger charge is 2.23. The molecule has 2 aromatic rings. The zero-order chi connectivity index (χ0) is 16.3. The van der Waals surface area contributed by atoms with Crippen molar-refractivity contribution in [1.29, 1.82) is 0 Å². The second-order valence-corrected chi connectivity index (χ2v) is 8.57. The van der Waals surface area contributed by atoms with E-state index in [4.69, 9.17) is 0 Å². The molecule has 1 aliphatic rings. The molecule has 0 saturated heterocycles. The maximum absolute atomic E-state index is 11.6. The number of rotatable bonds is 4. The first kappa shape index (κ1) is 16.3. The summed E-state index contributed by atoms with van der Waals surface area (Å²) in [6, 6.07) is 18.1. The van der Waals surface area contributed by atoms with Gasteiger partial charge < -0.3 is 0 Å². The van der Waals surface area contributed by atoms with Gasteiger partial charge in [-0.15, -0.1) is 0 Å². The molecule has 0 amide bonds. The van der Waals surface area contributed by atoms with Crippen molar-refractivity contribution in [1.82, 2.24) is 0 Å². The molecule has 0 aliphatic heterocycles. The van der Waals surface area contributed by atoms with E-state index in [1.165, 1.54) is 23.8 Å². The van der Waals surface area contributed by atoms with E-state index in [-0.39, 0.29) is 0 Å². The van der Waals surface area contributed by atoms with Gasteiger partial charge in [-0.2, -0.15) is 0 Å². The Morgan fingerprint density at radius 1 is 1.00 bits per heavy atom. The van der Waals surface area contributed by atoms with Gasteiger partial charge in [-0.1, -0.05) is 42.5 Å². The average molecular weight is 327 g/mol. The topological polar surface area (TPSA) is 34.1 Å². The van der Waals surface area contributed by atoms with Crippen LogP contribution in [-0.2, 0) is 16.3 Å². The lowest BCUT2D eigenvalue weighted by Crippen LogP contribution is -2.17. The van der Waals surface area contributed by atoms with Gasteiger partial charge in [-0.05, 0) is 67.2 Å². The minimum absolute atomic E-state index is 0.401. The van der Waals surface area contributed by atoms with Gasteiger partial charge in [0.15, 0.2) is 9.84 Å². The summed E-state index contributed by atoms with van der Waals surface area (Å²) in [5.74, 6) is 1.13. The Balaban J connectivity index is 1.68. The van der Waals surface area contributed by atoms with Crippen molar-refractivity contribution >= 4 is 9.84 Å². The monoisotopic (exact) mass is 327 g/mol. The lowest BCUT2D eigenvalue weighted by atomic mass is 9.76. The predicted octanol–water partition coefficient (Wildman–Crippen LogP) is 4.42. The highest BCUT2D eigenvalue weighted by atomic mass is 32.2. The zero-order valence-corrected chi connectivity index (χ0v) is 14.3. The summed E-state index contributed by atoms with van der Waals surface area (Å²) < 4.78 is 23.1. The standard InChI is InChI=1S/C20H23O2S/c1-23(21,22)20-12-10-18(11-13-20)19-9-5-8-17(15-19)14-16-6-3-2-4-7-16/h2-4,6-7,9-13,17,19H,5,8,14-15H2,1H3. The summed E-state index contributed by atoms with van der Waals surface area (Å²) in [6.07, 6.45) is 8.30. The third-order valence-corrected chi connectivity index (χ3v) is 5.85. The summed E-state index contributed by atoms with van der Waals surface area (Å²) >= 11 is 0. The highest BCUT2D eigenvalue weighted by Crippen LogP contribution is 2.37. The molecule has 0 heterocycles. The van der Waals surface area contributed by atoms with Crippen molar-refractivity contribution < 1.29 is 8.42 Å². The van der Waals surface area contributed by atoms with Gasteiger partial charge in [0, 0.05) is 6.26 Å². The molecule has 0 N–H and O–H groups in total.